The number of aromatic nitrogens is 2. The SMILES string of the molecule is CSc1ccc2c(ccc3ccc(SC)nc32)n1. The van der Waals surface area contributed by atoms with Crippen LogP contribution in [0.4, 0.5) is 0 Å². The van der Waals surface area contributed by atoms with Gasteiger partial charge in [0.15, 0.2) is 0 Å². The van der Waals surface area contributed by atoms with E-state index in [1.807, 2.05) is 12.5 Å². The first-order chi connectivity index (χ1) is 8.81. The Labute approximate surface area is 114 Å². The van der Waals surface area contributed by atoms with E-state index in [9.17, 15) is 0 Å². The van der Waals surface area contributed by atoms with E-state index in [-0.39, 0.29) is 0 Å². The third kappa shape index (κ3) is 1.95. The van der Waals surface area contributed by atoms with Gasteiger partial charge in [-0.25, -0.2) is 9.97 Å². The molecule has 0 bridgehead atoms. The molecule has 2 aromatic heterocycles. The average Bonchev–Trinajstić information content (AvgIpc) is 2.45. The maximum absolute atomic E-state index is 4.69. The molecule has 0 N–H and O–H groups in total. The zero-order chi connectivity index (χ0) is 12.5. The Morgan fingerprint density at radius 1 is 0.778 bits per heavy atom. The van der Waals surface area contributed by atoms with Crippen LogP contribution in [0, 0.1) is 0 Å². The van der Waals surface area contributed by atoms with Gasteiger partial charge >= 0.3 is 0 Å². The first-order valence-corrected chi connectivity index (χ1v) is 8.05. The number of thioether (sulfide) groups is 2. The Morgan fingerprint density at radius 2 is 1.44 bits per heavy atom. The van der Waals surface area contributed by atoms with Crippen molar-refractivity contribution in [3.63, 3.8) is 0 Å². The zero-order valence-electron chi connectivity index (χ0n) is 10.2. The Kier molecular flexibility index (Phi) is 3.14. The lowest BCUT2D eigenvalue weighted by molar-refractivity contribution is 1.18. The summed E-state index contributed by atoms with van der Waals surface area (Å²) in [6.07, 6.45) is 4.09. The molecule has 0 radical (unpaired) electrons. The standard InChI is InChI=1S/C14H12N2S2/c1-17-12-8-5-10-11(15-12)6-3-9-4-7-13(18-2)16-14(9)10/h3-8H,1-2H3. The largest absolute Gasteiger partial charge is 0.241 e. The third-order valence-corrected chi connectivity index (χ3v) is 4.19. The number of pyridine rings is 2. The molecule has 1 aromatic carbocycles. The molecular formula is C14H12N2S2. The molecule has 0 atom stereocenters. The zero-order valence-corrected chi connectivity index (χ0v) is 11.8. The topological polar surface area (TPSA) is 25.8 Å². The summed E-state index contributed by atoms with van der Waals surface area (Å²) in [7, 11) is 0. The molecular weight excluding hydrogens is 260 g/mol. The molecule has 0 amide bonds. The van der Waals surface area contributed by atoms with Crippen molar-refractivity contribution in [2.24, 2.45) is 0 Å². The molecule has 90 valence electrons. The number of benzene rings is 1. The molecule has 3 aromatic rings. The summed E-state index contributed by atoms with van der Waals surface area (Å²) in [6, 6.07) is 12.5. The molecule has 3 rings (SSSR count). The molecule has 0 unspecified atom stereocenters. The van der Waals surface area contributed by atoms with Crippen LogP contribution in [0.25, 0.3) is 21.8 Å². The van der Waals surface area contributed by atoms with E-state index >= 15 is 0 Å². The summed E-state index contributed by atoms with van der Waals surface area (Å²) in [5.41, 5.74) is 2.06. The van der Waals surface area contributed by atoms with Crippen LogP contribution in [0.5, 0.6) is 0 Å². The predicted molar refractivity (Wildman–Crippen MR) is 80.6 cm³/mol. The van der Waals surface area contributed by atoms with Crippen molar-refractivity contribution in [3.05, 3.63) is 36.4 Å². The normalized spacial score (nSPS) is 11.2. The molecule has 2 nitrogen and oxygen atoms in total. The van der Waals surface area contributed by atoms with Gasteiger partial charge in [-0.15, -0.1) is 23.5 Å². The minimum atomic E-state index is 1.01. The lowest BCUT2D eigenvalue weighted by Crippen LogP contribution is -1.87. The van der Waals surface area contributed by atoms with E-state index in [4.69, 9.17) is 4.98 Å². The minimum Gasteiger partial charge on any atom is -0.241 e. The van der Waals surface area contributed by atoms with Crippen LogP contribution < -0.4 is 0 Å². The highest BCUT2D eigenvalue weighted by atomic mass is 32.2. The Hall–Kier alpha value is -1.26. The summed E-state index contributed by atoms with van der Waals surface area (Å²) in [6.45, 7) is 0. The summed E-state index contributed by atoms with van der Waals surface area (Å²) in [4.78, 5) is 9.31. The van der Waals surface area contributed by atoms with Gasteiger partial charge < -0.3 is 0 Å². The average molecular weight is 272 g/mol. The van der Waals surface area contributed by atoms with Crippen LogP contribution in [-0.4, -0.2) is 22.5 Å². The van der Waals surface area contributed by atoms with Crippen molar-refractivity contribution in [1.29, 1.82) is 0 Å². The highest BCUT2D eigenvalue weighted by Crippen LogP contribution is 2.26. The predicted octanol–water partition coefficient (Wildman–Crippen LogP) is 4.23. The minimum absolute atomic E-state index is 1.01. The summed E-state index contributed by atoms with van der Waals surface area (Å²) in [5.74, 6) is 0. The van der Waals surface area contributed by atoms with Crippen molar-refractivity contribution in [2.75, 3.05) is 12.5 Å². The van der Waals surface area contributed by atoms with Crippen LogP contribution >= 0.6 is 23.5 Å². The van der Waals surface area contributed by atoms with Crippen LogP contribution in [0.3, 0.4) is 0 Å². The number of hydrogen-bond acceptors (Lipinski definition) is 4. The monoisotopic (exact) mass is 272 g/mol. The second kappa shape index (κ2) is 4.78. The second-order valence-electron chi connectivity index (χ2n) is 3.91. The Bertz CT molecular complexity index is 725. The van der Waals surface area contributed by atoms with Gasteiger partial charge in [-0.3, -0.25) is 0 Å². The fraction of sp³-hybridized carbons (Fsp3) is 0.143. The second-order valence-corrected chi connectivity index (χ2v) is 5.56. The molecule has 0 aliphatic heterocycles. The van der Waals surface area contributed by atoms with Crippen molar-refractivity contribution < 1.29 is 0 Å². The van der Waals surface area contributed by atoms with Crippen LogP contribution in [-0.2, 0) is 0 Å². The summed E-state index contributed by atoms with van der Waals surface area (Å²) >= 11 is 3.33. The van der Waals surface area contributed by atoms with E-state index in [0.717, 1.165) is 26.5 Å². The van der Waals surface area contributed by atoms with Crippen molar-refractivity contribution in [2.45, 2.75) is 10.1 Å². The molecule has 0 saturated heterocycles. The van der Waals surface area contributed by atoms with Crippen LogP contribution in [0.1, 0.15) is 0 Å². The molecule has 0 aliphatic carbocycles. The van der Waals surface area contributed by atoms with E-state index in [2.05, 4.69) is 41.4 Å². The van der Waals surface area contributed by atoms with Gasteiger partial charge in [-0.2, -0.15) is 0 Å². The van der Waals surface area contributed by atoms with Gasteiger partial charge in [-0.05, 0) is 36.8 Å². The summed E-state index contributed by atoms with van der Waals surface area (Å²) < 4.78 is 0. The Balaban J connectivity index is 2.36. The first kappa shape index (κ1) is 11.8. The van der Waals surface area contributed by atoms with Gasteiger partial charge in [0.1, 0.15) is 0 Å². The number of nitrogens with zero attached hydrogens (tertiary/aromatic N) is 2. The van der Waals surface area contributed by atoms with Crippen molar-refractivity contribution in [1.82, 2.24) is 9.97 Å². The van der Waals surface area contributed by atoms with Crippen molar-refractivity contribution in [3.8, 4) is 0 Å². The maximum atomic E-state index is 4.69. The van der Waals surface area contributed by atoms with E-state index < -0.39 is 0 Å². The maximum Gasteiger partial charge on any atom is 0.0965 e. The first-order valence-electron chi connectivity index (χ1n) is 5.60. The van der Waals surface area contributed by atoms with E-state index in [1.54, 1.807) is 23.5 Å². The molecule has 0 spiro atoms. The van der Waals surface area contributed by atoms with Crippen LogP contribution in [0.15, 0.2) is 46.5 Å². The highest BCUT2D eigenvalue weighted by Gasteiger charge is 2.05. The van der Waals surface area contributed by atoms with Gasteiger partial charge in [-0.1, -0.05) is 12.1 Å². The summed E-state index contributed by atoms with van der Waals surface area (Å²) in [5, 5.41) is 4.38. The molecule has 18 heavy (non-hydrogen) atoms. The fourth-order valence-corrected chi connectivity index (χ4v) is 2.76. The Morgan fingerprint density at radius 3 is 2.22 bits per heavy atom. The fourth-order valence-electron chi connectivity index (χ4n) is 1.98. The van der Waals surface area contributed by atoms with Gasteiger partial charge in [0.25, 0.3) is 0 Å². The molecule has 4 heteroatoms. The van der Waals surface area contributed by atoms with Crippen molar-refractivity contribution >= 4 is 45.3 Å². The number of fused-ring (bicyclic) bond motifs is 3. The molecule has 0 saturated carbocycles. The lowest BCUT2D eigenvalue weighted by Gasteiger charge is -2.05. The van der Waals surface area contributed by atoms with Crippen LogP contribution in [0.2, 0.25) is 0 Å². The molecule has 0 aliphatic rings. The molecule has 0 fully saturated rings. The quantitative estimate of drug-likeness (QED) is 0.515. The van der Waals surface area contributed by atoms with E-state index in [1.165, 1.54) is 5.39 Å². The number of hydrogen-bond donors (Lipinski definition) is 0. The van der Waals surface area contributed by atoms with Gasteiger partial charge in [0.2, 0.25) is 0 Å². The van der Waals surface area contributed by atoms with Gasteiger partial charge in [0, 0.05) is 10.8 Å². The molecule has 2 heterocycles. The smallest absolute Gasteiger partial charge is 0.0965 e. The highest BCUT2D eigenvalue weighted by molar-refractivity contribution is 7.98. The number of rotatable bonds is 2. The third-order valence-electron chi connectivity index (χ3n) is 2.89. The van der Waals surface area contributed by atoms with Gasteiger partial charge in [0.05, 0.1) is 21.1 Å². The lowest BCUT2D eigenvalue weighted by atomic mass is 10.1. The van der Waals surface area contributed by atoms with E-state index in [0.29, 0.717) is 0 Å².